The van der Waals surface area contributed by atoms with Gasteiger partial charge in [0.1, 0.15) is 5.82 Å². The fourth-order valence-corrected chi connectivity index (χ4v) is 2.05. The van der Waals surface area contributed by atoms with Crippen LogP contribution in [0.2, 0.25) is 0 Å². The van der Waals surface area contributed by atoms with Gasteiger partial charge in [0.25, 0.3) is 0 Å². The van der Waals surface area contributed by atoms with Crippen LogP contribution in [-0.4, -0.2) is 17.1 Å². The molecule has 1 aromatic carbocycles. The zero-order valence-corrected chi connectivity index (χ0v) is 12.2. The monoisotopic (exact) mass is 257 g/mol. The van der Waals surface area contributed by atoms with Crippen LogP contribution in [0.15, 0.2) is 30.3 Å². The molecule has 0 atom stereocenters. The summed E-state index contributed by atoms with van der Waals surface area (Å²) in [6.07, 6.45) is 0. The van der Waals surface area contributed by atoms with Crippen LogP contribution in [0.25, 0.3) is 10.8 Å². The van der Waals surface area contributed by atoms with Crippen molar-refractivity contribution in [2.24, 2.45) is 0 Å². The second-order valence-electron chi connectivity index (χ2n) is 5.84. The maximum absolute atomic E-state index is 4.75. The lowest BCUT2D eigenvalue weighted by Gasteiger charge is -2.23. The fraction of sp³-hybridized carbons (Fsp3) is 0.438. The van der Waals surface area contributed by atoms with E-state index in [0.717, 1.165) is 24.6 Å². The zero-order chi connectivity index (χ0) is 13.9. The Kier molecular flexibility index (Phi) is 4.05. The summed E-state index contributed by atoms with van der Waals surface area (Å²) in [5.74, 6) is 0.971. The molecule has 0 aliphatic carbocycles. The minimum atomic E-state index is 0.00653. The molecule has 0 unspecified atom stereocenters. The van der Waals surface area contributed by atoms with E-state index in [-0.39, 0.29) is 5.54 Å². The van der Waals surface area contributed by atoms with E-state index >= 15 is 0 Å². The molecule has 0 saturated carbocycles. The molecular formula is C16H23N3. The molecule has 0 bridgehead atoms. The lowest BCUT2D eigenvalue weighted by Crippen LogP contribution is -2.27. The Hall–Kier alpha value is -1.61. The van der Waals surface area contributed by atoms with Crippen molar-refractivity contribution in [2.75, 3.05) is 11.9 Å². The molecule has 0 spiro atoms. The number of rotatable bonds is 4. The molecule has 0 radical (unpaired) electrons. The molecule has 3 nitrogen and oxygen atoms in total. The number of nitrogens with zero attached hydrogens (tertiary/aromatic N) is 1. The van der Waals surface area contributed by atoms with E-state index < -0.39 is 0 Å². The second-order valence-corrected chi connectivity index (χ2v) is 5.84. The van der Waals surface area contributed by atoms with E-state index in [9.17, 15) is 0 Å². The van der Waals surface area contributed by atoms with Gasteiger partial charge in [-0.3, -0.25) is 0 Å². The molecule has 1 heterocycles. The van der Waals surface area contributed by atoms with E-state index in [2.05, 4.69) is 68.7 Å². The van der Waals surface area contributed by atoms with Gasteiger partial charge in [0.05, 0.1) is 5.69 Å². The smallest absolute Gasteiger partial charge is 0.134 e. The Labute approximate surface area is 115 Å². The van der Waals surface area contributed by atoms with Crippen molar-refractivity contribution in [3.05, 3.63) is 36.0 Å². The highest BCUT2D eigenvalue weighted by Gasteiger charge is 2.13. The van der Waals surface area contributed by atoms with Crippen LogP contribution in [0.5, 0.6) is 0 Å². The summed E-state index contributed by atoms with van der Waals surface area (Å²) in [5, 5.41) is 9.24. The number of anilines is 1. The van der Waals surface area contributed by atoms with Gasteiger partial charge in [0, 0.05) is 17.5 Å². The van der Waals surface area contributed by atoms with Crippen molar-refractivity contribution in [3.8, 4) is 0 Å². The number of hydrogen-bond acceptors (Lipinski definition) is 3. The highest BCUT2D eigenvalue weighted by atomic mass is 15.0. The number of hydrogen-bond donors (Lipinski definition) is 2. The van der Waals surface area contributed by atoms with Gasteiger partial charge in [-0.1, -0.05) is 31.2 Å². The predicted octanol–water partition coefficient (Wildman–Crippen LogP) is 3.55. The number of benzene rings is 1. The summed E-state index contributed by atoms with van der Waals surface area (Å²) in [5.41, 5.74) is 1.08. The summed E-state index contributed by atoms with van der Waals surface area (Å²) in [6.45, 7) is 10.3. The average molecular weight is 257 g/mol. The third-order valence-corrected chi connectivity index (χ3v) is 2.84. The molecule has 0 fully saturated rings. The molecule has 0 amide bonds. The SMILES string of the molecule is CCNCc1cc2ccccc2c(NC(C)(C)C)n1. The largest absolute Gasteiger partial charge is 0.365 e. The van der Waals surface area contributed by atoms with Gasteiger partial charge in [-0.15, -0.1) is 0 Å². The van der Waals surface area contributed by atoms with Gasteiger partial charge >= 0.3 is 0 Å². The molecular weight excluding hydrogens is 234 g/mol. The van der Waals surface area contributed by atoms with Crippen molar-refractivity contribution in [1.82, 2.24) is 10.3 Å². The van der Waals surface area contributed by atoms with Gasteiger partial charge in [-0.2, -0.15) is 0 Å². The molecule has 2 N–H and O–H groups in total. The summed E-state index contributed by atoms with van der Waals surface area (Å²) < 4.78 is 0. The van der Waals surface area contributed by atoms with E-state index in [1.165, 1.54) is 10.8 Å². The van der Waals surface area contributed by atoms with Crippen molar-refractivity contribution in [3.63, 3.8) is 0 Å². The predicted molar refractivity (Wildman–Crippen MR) is 82.5 cm³/mol. The quantitative estimate of drug-likeness (QED) is 0.879. The minimum Gasteiger partial charge on any atom is -0.365 e. The Balaban J connectivity index is 2.45. The summed E-state index contributed by atoms with van der Waals surface area (Å²) in [4.78, 5) is 4.75. The minimum absolute atomic E-state index is 0.00653. The third kappa shape index (κ3) is 3.67. The van der Waals surface area contributed by atoms with Gasteiger partial charge in [0.2, 0.25) is 0 Å². The summed E-state index contributed by atoms with van der Waals surface area (Å²) >= 11 is 0. The third-order valence-electron chi connectivity index (χ3n) is 2.84. The zero-order valence-electron chi connectivity index (χ0n) is 12.2. The number of pyridine rings is 1. The Morgan fingerprint density at radius 1 is 1.16 bits per heavy atom. The topological polar surface area (TPSA) is 37.0 Å². The number of aromatic nitrogens is 1. The normalized spacial score (nSPS) is 11.8. The molecule has 102 valence electrons. The second kappa shape index (κ2) is 5.57. The van der Waals surface area contributed by atoms with Crippen molar-refractivity contribution in [2.45, 2.75) is 39.8 Å². The summed E-state index contributed by atoms with van der Waals surface area (Å²) in [6, 6.07) is 10.5. The van der Waals surface area contributed by atoms with Gasteiger partial charge in [-0.25, -0.2) is 4.98 Å². The molecule has 2 rings (SSSR count). The van der Waals surface area contributed by atoms with Crippen molar-refractivity contribution in [1.29, 1.82) is 0 Å². The van der Waals surface area contributed by atoms with Crippen molar-refractivity contribution < 1.29 is 0 Å². The van der Waals surface area contributed by atoms with Crippen LogP contribution in [-0.2, 0) is 6.54 Å². The number of fused-ring (bicyclic) bond motifs is 1. The summed E-state index contributed by atoms with van der Waals surface area (Å²) in [7, 11) is 0. The van der Waals surface area contributed by atoms with Gasteiger partial charge < -0.3 is 10.6 Å². The Morgan fingerprint density at radius 3 is 2.58 bits per heavy atom. The molecule has 0 saturated heterocycles. The molecule has 2 aromatic rings. The number of nitrogens with one attached hydrogen (secondary N) is 2. The highest BCUT2D eigenvalue weighted by Crippen LogP contribution is 2.25. The van der Waals surface area contributed by atoms with E-state index in [0.29, 0.717) is 0 Å². The van der Waals surface area contributed by atoms with Crippen LogP contribution in [0.1, 0.15) is 33.4 Å². The lowest BCUT2D eigenvalue weighted by molar-refractivity contribution is 0.629. The standard InChI is InChI=1S/C16H23N3/c1-5-17-11-13-10-12-8-6-7-9-14(12)15(18-13)19-16(2,3)4/h6-10,17H,5,11H2,1-4H3,(H,18,19). The van der Waals surface area contributed by atoms with E-state index in [1.54, 1.807) is 0 Å². The van der Waals surface area contributed by atoms with Crippen LogP contribution in [0, 0.1) is 0 Å². The molecule has 19 heavy (non-hydrogen) atoms. The van der Waals surface area contributed by atoms with E-state index in [4.69, 9.17) is 4.98 Å². The van der Waals surface area contributed by atoms with E-state index in [1.807, 2.05) is 0 Å². The van der Waals surface area contributed by atoms with Gasteiger partial charge in [0.15, 0.2) is 0 Å². The van der Waals surface area contributed by atoms with Gasteiger partial charge in [-0.05, 0) is 38.8 Å². The van der Waals surface area contributed by atoms with Crippen LogP contribution < -0.4 is 10.6 Å². The Bertz CT molecular complexity index is 555. The molecule has 1 aromatic heterocycles. The molecule has 0 aliphatic heterocycles. The highest BCUT2D eigenvalue weighted by molar-refractivity contribution is 5.92. The van der Waals surface area contributed by atoms with Crippen molar-refractivity contribution >= 4 is 16.6 Å². The first-order valence-corrected chi connectivity index (χ1v) is 6.87. The first-order chi connectivity index (χ1) is 8.99. The lowest BCUT2D eigenvalue weighted by atomic mass is 10.1. The Morgan fingerprint density at radius 2 is 1.89 bits per heavy atom. The van der Waals surface area contributed by atoms with Crippen LogP contribution in [0.4, 0.5) is 5.82 Å². The molecule has 0 aliphatic rings. The molecule has 3 heteroatoms. The first-order valence-electron chi connectivity index (χ1n) is 6.87. The maximum Gasteiger partial charge on any atom is 0.134 e. The maximum atomic E-state index is 4.75. The fourth-order valence-electron chi connectivity index (χ4n) is 2.05. The van der Waals surface area contributed by atoms with Crippen LogP contribution in [0.3, 0.4) is 0 Å². The first kappa shape index (κ1) is 13.8. The van der Waals surface area contributed by atoms with Crippen LogP contribution >= 0.6 is 0 Å². The average Bonchev–Trinajstić information content (AvgIpc) is 2.34.